The quantitative estimate of drug-likeness (QED) is 0.387. The molecule has 5 aromatic rings. The van der Waals surface area contributed by atoms with Gasteiger partial charge in [0.2, 0.25) is 11.8 Å². The van der Waals surface area contributed by atoms with Crippen molar-refractivity contribution < 1.29 is 14.0 Å². The van der Waals surface area contributed by atoms with Crippen molar-refractivity contribution in [3.63, 3.8) is 0 Å². The van der Waals surface area contributed by atoms with Gasteiger partial charge in [0.1, 0.15) is 5.78 Å². The lowest BCUT2D eigenvalue weighted by atomic mass is 9.89. The van der Waals surface area contributed by atoms with Gasteiger partial charge in [0, 0.05) is 18.9 Å². The highest BCUT2D eigenvalue weighted by atomic mass is 16.3. The van der Waals surface area contributed by atoms with Gasteiger partial charge in [0.05, 0.1) is 17.8 Å². The topological polar surface area (TPSA) is 146 Å². The summed E-state index contributed by atoms with van der Waals surface area (Å²) < 4.78 is 8.45. The highest BCUT2D eigenvalue weighted by molar-refractivity contribution is 5.94. The van der Waals surface area contributed by atoms with Crippen LogP contribution in [0.15, 0.2) is 59.3 Å². The maximum atomic E-state index is 13.9. The molecule has 36 heavy (non-hydrogen) atoms. The van der Waals surface area contributed by atoms with Crippen LogP contribution in [0.2, 0.25) is 0 Å². The molecule has 1 atom stereocenters. The predicted molar refractivity (Wildman–Crippen MR) is 131 cm³/mol. The smallest absolute Gasteiger partial charge is 0.252 e. The molecule has 0 radical (unpaired) electrons. The molecule has 1 amide bonds. The van der Waals surface area contributed by atoms with Crippen molar-refractivity contribution in [3.05, 3.63) is 60.5 Å². The third kappa shape index (κ3) is 3.43. The number of aromatic nitrogens is 6. The van der Waals surface area contributed by atoms with Crippen LogP contribution in [-0.4, -0.2) is 47.1 Å². The number of carbonyl (C=O) groups is 2. The molecule has 0 aliphatic heterocycles. The van der Waals surface area contributed by atoms with Gasteiger partial charge in [0.25, 0.3) is 5.91 Å². The fraction of sp³-hybridized carbons (Fsp3) is 0.280. The van der Waals surface area contributed by atoms with Crippen molar-refractivity contribution >= 4 is 34.3 Å². The number of benzene rings is 1. The van der Waals surface area contributed by atoms with Crippen molar-refractivity contribution in [1.82, 2.24) is 34.7 Å². The number of ketones is 1. The number of hydrogen-bond donors (Lipinski definition) is 2. The first kappa shape index (κ1) is 22.0. The Bertz CT molecular complexity index is 1580. The molecule has 182 valence electrons. The van der Waals surface area contributed by atoms with E-state index in [-0.39, 0.29) is 23.7 Å². The van der Waals surface area contributed by atoms with Gasteiger partial charge >= 0.3 is 0 Å². The standard InChI is InChI=1S/C25H24N8O3/c1-25(15-6-3-2-4-7-15,23(35)28-16-9-11-17(34)12-10-16)33-22-18(14-27-33)21-29-20(19-8-5-13-36-19)31-32(21)24(26)30-22/h2-8,13-14,16H,9-12H2,1H3,(H2,26,30)(H,28,35)/t25-/m1/s1. The van der Waals surface area contributed by atoms with Crippen LogP contribution in [0, 0.1) is 0 Å². The Balaban J connectivity index is 1.49. The molecule has 11 heteroatoms. The number of nitrogens with two attached hydrogens (primary N) is 1. The Kier molecular flexibility index (Phi) is 5.06. The summed E-state index contributed by atoms with van der Waals surface area (Å²) in [7, 11) is 0. The van der Waals surface area contributed by atoms with E-state index in [1.165, 1.54) is 4.52 Å². The zero-order valence-corrected chi connectivity index (χ0v) is 19.6. The molecule has 1 saturated carbocycles. The largest absolute Gasteiger partial charge is 0.461 e. The minimum absolute atomic E-state index is 0.0860. The zero-order chi connectivity index (χ0) is 24.9. The molecule has 0 unspecified atom stereocenters. The van der Waals surface area contributed by atoms with E-state index >= 15 is 0 Å². The minimum atomic E-state index is -1.24. The summed E-state index contributed by atoms with van der Waals surface area (Å²) in [4.78, 5) is 34.8. The summed E-state index contributed by atoms with van der Waals surface area (Å²) in [6.07, 6.45) is 5.35. The van der Waals surface area contributed by atoms with Gasteiger partial charge in [-0.15, -0.1) is 5.10 Å². The average molecular weight is 485 g/mol. The molecule has 0 saturated heterocycles. The Labute approximate surface area is 205 Å². The van der Waals surface area contributed by atoms with Crippen molar-refractivity contribution in [2.45, 2.75) is 44.2 Å². The third-order valence-corrected chi connectivity index (χ3v) is 6.85. The number of rotatable bonds is 5. The first-order chi connectivity index (χ1) is 17.4. The molecule has 1 aliphatic rings. The Morgan fingerprint density at radius 3 is 2.61 bits per heavy atom. The minimum Gasteiger partial charge on any atom is -0.461 e. The first-order valence-electron chi connectivity index (χ1n) is 11.8. The second-order valence-corrected chi connectivity index (χ2v) is 9.14. The lowest BCUT2D eigenvalue weighted by Crippen LogP contribution is -2.51. The molecule has 0 bridgehead atoms. The molecule has 1 fully saturated rings. The van der Waals surface area contributed by atoms with Gasteiger partial charge in [-0.05, 0) is 37.5 Å². The summed E-state index contributed by atoms with van der Waals surface area (Å²) >= 11 is 0. The number of amides is 1. The van der Waals surface area contributed by atoms with E-state index in [1.807, 2.05) is 30.3 Å². The number of nitrogens with one attached hydrogen (secondary N) is 1. The van der Waals surface area contributed by atoms with Gasteiger partial charge in [-0.2, -0.15) is 14.6 Å². The van der Waals surface area contributed by atoms with Crippen LogP contribution in [0.25, 0.3) is 28.3 Å². The molecular weight excluding hydrogens is 460 g/mol. The molecular formula is C25H24N8O3. The summed E-state index contributed by atoms with van der Waals surface area (Å²) in [6, 6.07) is 12.8. The van der Waals surface area contributed by atoms with Crippen LogP contribution >= 0.6 is 0 Å². The molecule has 4 aromatic heterocycles. The second kappa shape index (κ2) is 8.29. The van der Waals surface area contributed by atoms with Crippen LogP contribution in [-0.2, 0) is 15.1 Å². The molecule has 1 aromatic carbocycles. The number of hydrogen-bond acceptors (Lipinski definition) is 8. The normalized spacial score (nSPS) is 16.4. The number of fused-ring (bicyclic) bond motifs is 3. The van der Waals surface area contributed by atoms with Crippen molar-refractivity contribution in [2.75, 3.05) is 5.73 Å². The average Bonchev–Trinajstić information content (AvgIpc) is 3.65. The van der Waals surface area contributed by atoms with E-state index in [0.29, 0.717) is 53.9 Å². The van der Waals surface area contributed by atoms with Gasteiger partial charge in [-0.1, -0.05) is 30.3 Å². The lowest BCUT2D eigenvalue weighted by Gasteiger charge is -2.32. The molecule has 3 N–H and O–H groups in total. The van der Waals surface area contributed by atoms with E-state index in [9.17, 15) is 9.59 Å². The highest BCUT2D eigenvalue weighted by Crippen LogP contribution is 2.32. The van der Waals surface area contributed by atoms with E-state index in [4.69, 9.17) is 10.2 Å². The number of nitrogen functional groups attached to an aromatic ring is 1. The zero-order valence-electron chi connectivity index (χ0n) is 19.6. The molecule has 6 rings (SSSR count). The van der Waals surface area contributed by atoms with Crippen LogP contribution in [0.1, 0.15) is 38.2 Å². The fourth-order valence-electron chi connectivity index (χ4n) is 4.77. The van der Waals surface area contributed by atoms with E-state index in [0.717, 1.165) is 5.56 Å². The van der Waals surface area contributed by atoms with Gasteiger partial charge in [-0.3, -0.25) is 9.59 Å². The SMILES string of the molecule is C[C@](C(=O)NC1CCC(=O)CC1)(c1ccccc1)n1ncc2c1nc(N)n1nc(-c3ccco3)nc21. The van der Waals surface area contributed by atoms with E-state index in [2.05, 4.69) is 25.5 Å². The highest BCUT2D eigenvalue weighted by Gasteiger charge is 2.41. The van der Waals surface area contributed by atoms with Crippen LogP contribution < -0.4 is 11.1 Å². The maximum absolute atomic E-state index is 13.9. The molecule has 4 heterocycles. The van der Waals surface area contributed by atoms with Crippen molar-refractivity contribution in [1.29, 1.82) is 0 Å². The summed E-state index contributed by atoms with van der Waals surface area (Å²) in [5.74, 6) is 0.958. The third-order valence-electron chi connectivity index (χ3n) is 6.85. The summed E-state index contributed by atoms with van der Waals surface area (Å²) in [5.41, 5.74) is 6.63. The Hall–Kier alpha value is -4.54. The first-order valence-corrected chi connectivity index (χ1v) is 11.8. The second-order valence-electron chi connectivity index (χ2n) is 9.14. The molecule has 1 aliphatic carbocycles. The fourth-order valence-corrected chi connectivity index (χ4v) is 4.77. The summed E-state index contributed by atoms with van der Waals surface area (Å²) in [6.45, 7) is 1.80. The Morgan fingerprint density at radius 1 is 1.11 bits per heavy atom. The van der Waals surface area contributed by atoms with E-state index < -0.39 is 5.54 Å². The van der Waals surface area contributed by atoms with Gasteiger partial charge in [0.15, 0.2) is 22.6 Å². The van der Waals surface area contributed by atoms with Crippen molar-refractivity contribution in [3.8, 4) is 11.6 Å². The van der Waals surface area contributed by atoms with Crippen molar-refractivity contribution in [2.24, 2.45) is 0 Å². The van der Waals surface area contributed by atoms with E-state index in [1.54, 1.807) is 36.2 Å². The number of Topliss-reactive ketones (excluding diaryl/α,β-unsaturated/α-hetero) is 1. The molecule has 0 spiro atoms. The van der Waals surface area contributed by atoms with Crippen LogP contribution in [0.4, 0.5) is 5.95 Å². The maximum Gasteiger partial charge on any atom is 0.252 e. The number of carbonyl (C=O) groups excluding carboxylic acids is 2. The number of anilines is 1. The Morgan fingerprint density at radius 2 is 1.89 bits per heavy atom. The van der Waals surface area contributed by atoms with Gasteiger partial charge in [-0.25, -0.2) is 9.67 Å². The molecule has 11 nitrogen and oxygen atoms in total. The van der Waals surface area contributed by atoms with Crippen LogP contribution in [0.5, 0.6) is 0 Å². The monoisotopic (exact) mass is 484 g/mol. The predicted octanol–water partition coefficient (Wildman–Crippen LogP) is 2.71. The summed E-state index contributed by atoms with van der Waals surface area (Å²) in [5, 5.41) is 12.8. The number of furan rings is 1. The lowest BCUT2D eigenvalue weighted by molar-refractivity contribution is -0.129. The van der Waals surface area contributed by atoms with Crippen LogP contribution in [0.3, 0.4) is 0 Å². The number of nitrogens with zero attached hydrogens (tertiary/aromatic N) is 6. The van der Waals surface area contributed by atoms with Gasteiger partial charge < -0.3 is 15.5 Å².